The largest absolute Gasteiger partial charge is 0.493 e. The molecule has 0 radical (unpaired) electrons. The number of carbonyl (C=O) groups excluding carboxylic acids is 1. The second-order valence-electron chi connectivity index (χ2n) is 5.79. The predicted molar refractivity (Wildman–Crippen MR) is 101 cm³/mol. The third kappa shape index (κ3) is 9.43. The van der Waals surface area contributed by atoms with E-state index in [2.05, 4.69) is 5.32 Å². The van der Waals surface area contributed by atoms with Crippen molar-refractivity contribution in [1.29, 1.82) is 0 Å². The van der Waals surface area contributed by atoms with E-state index in [1.54, 1.807) is 32.4 Å². The molecule has 1 aromatic carbocycles. The molecule has 146 valence electrons. The van der Waals surface area contributed by atoms with Crippen LogP contribution in [0.2, 0.25) is 0 Å². The van der Waals surface area contributed by atoms with Gasteiger partial charge in [-0.2, -0.15) is 8.42 Å². The molecule has 7 nitrogen and oxygen atoms in total. The Balaban J connectivity index is 2.23. The zero-order chi connectivity index (χ0) is 19.4. The summed E-state index contributed by atoms with van der Waals surface area (Å²) in [4.78, 5) is 11.8. The summed E-state index contributed by atoms with van der Waals surface area (Å²) < 4.78 is 40.1. The summed E-state index contributed by atoms with van der Waals surface area (Å²) in [5, 5.41) is 2.80. The molecule has 26 heavy (non-hydrogen) atoms. The topological polar surface area (TPSA) is 102 Å². The molecule has 0 unspecified atom stereocenters. The summed E-state index contributed by atoms with van der Waals surface area (Å²) in [6.45, 7) is 0.563. The monoisotopic (exact) mass is 385 g/mol. The molecule has 0 aliphatic carbocycles. The van der Waals surface area contributed by atoms with E-state index in [-0.39, 0.29) is 11.7 Å². The summed E-state index contributed by atoms with van der Waals surface area (Å²) in [6, 6.07) is 5.39. The lowest BCUT2D eigenvalue weighted by Gasteiger charge is -2.07. The number of hydrogen-bond donors (Lipinski definition) is 2. The van der Waals surface area contributed by atoms with Gasteiger partial charge in [0, 0.05) is 12.6 Å². The van der Waals surface area contributed by atoms with E-state index in [4.69, 9.17) is 14.0 Å². The Morgan fingerprint density at radius 1 is 1.08 bits per heavy atom. The highest BCUT2D eigenvalue weighted by molar-refractivity contribution is 7.85. The average Bonchev–Trinajstić information content (AvgIpc) is 2.60. The fourth-order valence-corrected chi connectivity index (χ4v) is 2.91. The standard InChI is InChI=1S/C18H27NO6S/c1-24-16-10-8-15(14-17(16)25-2)9-11-18(20)19-12-6-4-3-5-7-13-26(21,22)23/h8-11,14H,3-7,12-13H2,1-2H3,(H,19,20)(H,21,22,23). The van der Waals surface area contributed by atoms with Gasteiger partial charge in [0.05, 0.1) is 20.0 Å². The van der Waals surface area contributed by atoms with Crippen LogP contribution in [0.15, 0.2) is 24.3 Å². The molecule has 0 aliphatic heterocycles. The molecule has 0 aromatic heterocycles. The van der Waals surface area contributed by atoms with Crippen molar-refractivity contribution in [2.45, 2.75) is 32.1 Å². The van der Waals surface area contributed by atoms with Crippen LogP contribution in [0.4, 0.5) is 0 Å². The third-order valence-electron chi connectivity index (χ3n) is 3.71. The minimum Gasteiger partial charge on any atom is -0.493 e. The number of ether oxygens (including phenoxy) is 2. The highest BCUT2D eigenvalue weighted by Gasteiger charge is 2.04. The number of hydrogen-bond acceptors (Lipinski definition) is 5. The number of amides is 1. The maximum Gasteiger partial charge on any atom is 0.264 e. The molecule has 1 aromatic rings. The Morgan fingerprint density at radius 3 is 2.38 bits per heavy atom. The molecule has 0 fully saturated rings. The highest BCUT2D eigenvalue weighted by Crippen LogP contribution is 2.27. The fourth-order valence-electron chi connectivity index (χ4n) is 2.34. The summed E-state index contributed by atoms with van der Waals surface area (Å²) >= 11 is 0. The molecule has 0 bridgehead atoms. The summed E-state index contributed by atoms with van der Waals surface area (Å²) in [7, 11) is -0.729. The van der Waals surface area contributed by atoms with Gasteiger partial charge < -0.3 is 14.8 Å². The minimum atomic E-state index is -3.85. The van der Waals surface area contributed by atoms with E-state index in [1.165, 1.54) is 6.08 Å². The van der Waals surface area contributed by atoms with Crippen LogP contribution in [0.3, 0.4) is 0 Å². The second-order valence-corrected chi connectivity index (χ2v) is 7.36. The summed E-state index contributed by atoms with van der Waals surface area (Å²) in [5.74, 6) is 0.867. The van der Waals surface area contributed by atoms with Gasteiger partial charge in [-0.05, 0) is 36.6 Å². The number of methoxy groups -OCH3 is 2. The molecule has 0 spiro atoms. The van der Waals surface area contributed by atoms with Gasteiger partial charge in [0.2, 0.25) is 5.91 Å². The smallest absolute Gasteiger partial charge is 0.264 e. The van der Waals surface area contributed by atoms with E-state index >= 15 is 0 Å². The Hall–Kier alpha value is -2.06. The average molecular weight is 385 g/mol. The first-order chi connectivity index (χ1) is 12.4. The number of benzene rings is 1. The van der Waals surface area contributed by atoms with Crippen molar-refractivity contribution in [2.24, 2.45) is 0 Å². The van der Waals surface area contributed by atoms with Gasteiger partial charge in [0.1, 0.15) is 0 Å². The molecule has 2 N–H and O–H groups in total. The first-order valence-electron chi connectivity index (χ1n) is 8.49. The van der Waals surface area contributed by atoms with Gasteiger partial charge in [-0.3, -0.25) is 9.35 Å². The SMILES string of the molecule is COc1ccc(C=CC(=O)NCCCCCCCS(=O)(=O)O)cc1OC. The quantitative estimate of drug-likeness (QED) is 0.326. The Labute approximate surface area is 155 Å². The van der Waals surface area contributed by atoms with E-state index in [1.807, 2.05) is 6.07 Å². The molecule has 0 heterocycles. The van der Waals surface area contributed by atoms with Crippen LogP contribution < -0.4 is 14.8 Å². The molecule has 0 saturated heterocycles. The third-order valence-corrected chi connectivity index (χ3v) is 4.52. The van der Waals surface area contributed by atoms with Crippen LogP contribution in [0.1, 0.15) is 37.7 Å². The first kappa shape index (κ1) is 22.0. The van der Waals surface area contributed by atoms with Gasteiger partial charge in [0.15, 0.2) is 11.5 Å². The first-order valence-corrected chi connectivity index (χ1v) is 10.1. The van der Waals surface area contributed by atoms with Crippen LogP contribution in [-0.2, 0) is 14.9 Å². The number of rotatable bonds is 12. The number of nitrogens with one attached hydrogen (secondary N) is 1. The van der Waals surface area contributed by atoms with Crippen LogP contribution in [0, 0.1) is 0 Å². The number of carbonyl (C=O) groups is 1. The van der Waals surface area contributed by atoms with Crippen LogP contribution in [0.5, 0.6) is 11.5 Å². The lowest BCUT2D eigenvalue weighted by Crippen LogP contribution is -2.21. The van der Waals surface area contributed by atoms with Crippen molar-refractivity contribution in [3.05, 3.63) is 29.8 Å². The van der Waals surface area contributed by atoms with Crippen molar-refractivity contribution >= 4 is 22.1 Å². The van der Waals surface area contributed by atoms with Crippen molar-refractivity contribution in [3.63, 3.8) is 0 Å². The second kappa shape index (κ2) is 11.5. The summed E-state index contributed by atoms with van der Waals surface area (Å²) in [6.07, 6.45) is 6.95. The van der Waals surface area contributed by atoms with E-state index in [0.717, 1.165) is 31.2 Å². The summed E-state index contributed by atoms with van der Waals surface area (Å²) in [5.41, 5.74) is 0.830. The molecular weight excluding hydrogens is 358 g/mol. The van der Waals surface area contributed by atoms with Crippen molar-refractivity contribution in [1.82, 2.24) is 5.32 Å². The molecule has 1 amide bonds. The normalized spacial score (nSPS) is 11.5. The Morgan fingerprint density at radius 2 is 1.73 bits per heavy atom. The van der Waals surface area contributed by atoms with E-state index < -0.39 is 10.1 Å². The van der Waals surface area contributed by atoms with Gasteiger partial charge >= 0.3 is 0 Å². The van der Waals surface area contributed by atoms with Crippen LogP contribution >= 0.6 is 0 Å². The molecule has 1 rings (SSSR count). The van der Waals surface area contributed by atoms with Crippen molar-refractivity contribution in [2.75, 3.05) is 26.5 Å². The Kier molecular flexibility index (Phi) is 9.75. The molecular formula is C18H27NO6S. The van der Waals surface area contributed by atoms with Gasteiger partial charge in [-0.25, -0.2) is 0 Å². The highest BCUT2D eigenvalue weighted by atomic mass is 32.2. The molecule has 8 heteroatoms. The van der Waals surface area contributed by atoms with Crippen molar-refractivity contribution in [3.8, 4) is 11.5 Å². The van der Waals surface area contributed by atoms with Crippen molar-refractivity contribution < 1.29 is 27.2 Å². The fraction of sp³-hybridized carbons (Fsp3) is 0.500. The van der Waals surface area contributed by atoms with Gasteiger partial charge in [-0.1, -0.05) is 25.3 Å². The lowest BCUT2D eigenvalue weighted by molar-refractivity contribution is -0.116. The van der Waals surface area contributed by atoms with E-state index in [0.29, 0.717) is 24.5 Å². The van der Waals surface area contributed by atoms with Crippen LogP contribution in [0.25, 0.3) is 6.08 Å². The molecule has 0 saturated carbocycles. The van der Waals surface area contributed by atoms with Gasteiger partial charge in [-0.15, -0.1) is 0 Å². The maximum absolute atomic E-state index is 11.8. The predicted octanol–water partition coefficient (Wildman–Crippen LogP) is 2.67. The molecule has 0 aliphatic rings. The minimum absolute atomic E-state index is 0.175. The lowest BCUT2D eigenvalue weighted by atomic mass is 10.1. The maximum atomic E-state index is 11.8. The zero-order valence-corrected chi connectivity index (χ0v) is 16.0. The number of unbranched alkanes of at least 4 members (excludes halogenated alkanes) is 4. The van der Waals surface area contributed by atoms with Gasteiger partial charge in [0.25, 0.3) is 10.1 Å². The zero-order valence-electron chi connectivity index (χ0n) is 15.2. The van der Waals surface area contributed by atoms with Crippen LogP contribution in [-0.4, -0.2) is 45.4 Å². The molecule has 0 atom stereocenters. The van der Waals surface area contributed by atoms with E-state index in [9.17, 15) is 13.2 Å². The Bertz CT molecular complexity index is 700.